The molecular formula is C9H17BrN4O3S. The molecule has 0 aliphatic carbocycles. The van der Waals surface area contributed by atoms with Crippen molar-refractivity contribution in [2.75, 3.05) is 26.3 Å². The van der Waals surface area contributed by atoms with Crippen molar-refractivity contribution < 1.29 is 13.2 Å². The van der Waals surface area contributed by atoms with Crippen molar-refractivity contribution in [2.45, 2.75) is 18.9 Å². The van der Waals surface area contributed by atoms with E-state index >= 15 is 0 Å². The molecule has 0 amide bonds. The maximum atomic E-state index is 12.4. The molecule has 0 spiro atoms. The van der Waals surface area contributed by atoms with Crippen LogP contribution >= 0.6 is 15.9 Å². The summed E-state index contributed by atoms with van der Waals surface area (Å²) in [5.41, 5.74) is 0. The molecule has 7 nitrogen and oxygen atoms in total. The van der Waals surface area contributed by atoms with E-state index in [-0.39, 0.29) is 9.63 Å². The highest BCUT2D eigenvalue weighted by atomic mass is 79.9. The highest BCUT2D eigenvalue weighted by Crippen LogP contribution is 2.21. The Morgan fingerprint density at radius 1 is 1.44 bits per heavy atom. The number of rotatable bonds is 7. The SMILES string of the molecule is CCOCCN(CC)S(=O)(=O)c1c(Br)nnn1C. The Morgan fingerprint density at radius 3 is 2.56 bits per heavy atom. The van der Waals surface area contributed by atoms with Gasteiger partial charge < -0.3 is 4.74 Å². The first-order valence-corrected chi connectivity index (χ1v) is 7.81. The monoisotopic (exact) mass is 340 g/mol. The molecule has 0 aliphatic heterocycles. The first kappa shape index (κ1) is 15.5. The summed E-state index contributed by atoms with van der Waals surface area (Å²) >= 11 is 3.10. The Bertz CT molecular complexity index is 469. The molecular weight excluding hydrogens is 324 g/mol. The van der Waals surface area contributed by atoms with E-state index in [1.807, 2.05) is 6.92 Å². The molecule has 0 saturated heterocycles. The lowest BCUT2D eigenvalue weighted by Crippen LogP contribution is -2.35. The van der Waals surface area contributed by atoms with Crippen LogP contribution in [0.5, 0.6) is 0 Å². The number of aryl methyl sites for hydroxylation is 1. The van der Waals surface area contributed by atoms with Crippen LogP contribution in [-0.2, 0) is 21.8 Å². The molecule has 0 unspecified atom stereocenters. The van der Waals surface area contributed by atoms with E-state index in [0.717, 1.165) is 0 Å². The Morgan fingerprint density at radius 2 is 2.11 bits per heavy atom. The van der Waals surface area contributed by atoms with Gasteiger partial charge in [-0.05, 0) is 22.9 Å². The topological polar surface area (TPSA) is 77.3 Å². The van der Waals surface area contributed by atoms with Crippen molar-refractivity contribution in [3.8, 4) is 0 Å². The number of hydrogen-bond donors (Lipinski definition) is 0. The van der Waals surface area contributed by atoms with Gasteiger partial charge >= 0.3 is 0 Å². The molecule has 1 rings (SSSR count). The first-order valence-electron chi connectivity index (χ1n) is 5.58. The predicted molar refractivity (Wildman–Crippen MR) is 69.6 cm³/mol. The molecule has 0 N–H and O–H groups in total. The summed E-state index contributed by atoms with van der Waals surface area (Å²) in [6, 6.07) is 0. The quantitative estimate of drug-likeness (QED) is 0.680. The van der Waals surface area contributed by atoms with E-state index < -0.39 is 10.0 Å². The molecule has 1 aromatic heterocycles. The van der Waals surface area contributed by atoms with E-state index in [2.05, 4.69) is 26.2 Å². The molecule has 0 radical (unpaired) electrons. The second-order valence-corrected chi connectivity index (χ2v) is 6.11. The highest BCUT2D eigenvalue weighted by Gasteiger charge is 2.29. The lowest BCUT2D eigenvalue weighted by atomic mass is 10.6. The van der Waals surface area contributed by atoms with Crippen LogP contribution in [0.2, 0.25) is 0 Å². The lowest BCUT2D eigenvalue weighted by Gasteiger charge is -2.19. The van der Waals surface area contributed by atoms with E-state index in [1.54, 1.807) is 14.0 Å². The number of nitrogens with zero attached hydrogens (tertiary/aromatic N) is 4. The highest BCUT2D eigenvalue weighted by molar-refractivity contribution is 9.10. The molecule has 0 bridgehead atoms. The van der Waals surface area contributed by atoms with E-state index in [9.17, 15) is 8.42 Å². The number of ether oxygens (including phenoxy) is 1. The molecule has 0 aromatic carbocycles. The normalized spacial score (nSPS) is 12.3. The molecule has 0 fully saturated rings. The van der Waals surface area contributed by atoms with Crippen molar-refractivity contribution in [3.63, 3.8) is 0 Å². The van der Waals surface area contributed by atoms with Crippen molar-refractivity contribution in [1.82, 2.24) is 19.3 Å². The molecule has 0 aliphatic rings. The number of hydrogen-bond acceptors (Lipinski definition) is 5. The number of sulfonamides is 1. The summed E-state index contributed by atoms with van der Waals surface area (Å²) < 4.78 is 32.8. The van der Waals surface area contributed by atoms with Crippen LogP contribution < -0.4 is 0 Å². The average molecular weight is 341 g/mol. The van der Waals surface area contributed by atoms with Crippen LogP contribution in [0.15, 0.2) is 9.63 Å². The zero-order valence-corrected chi connectivity index (χ0v) is 13.0. The summed E-state index contributed by atoms with van der Waals surface area (Å²) in [6.07, 6.45) is 0. The maximum Gasteiger partial charge on any atom is 0.263 e. The Labute approximate surface area is 115 Å². The molecule has 1 heterocycles. The van der Waals surface area contributed by atoms with Crippen LogP contribution in [-0.4, -0.2) is 54.0 Å². The minimum Gasteiger partial charge on any atom is -0.380 e. The van der Waals surface area contributed by atoms with E-state index in [1.165, 1.54) is 8.99 Å². The van der Waals surface area contributed by atoms with Gasteiger partial charge in [-0.25, -0.2) is 13.1 Å². The van der Waals surface area contributed by atoms with Crippen molar-refractivity contribution >= 4 is 26.0 Å². The second kappa shape index (κ2) is 6.60. The van der Waals surface area contributed by atoms with Crippen LogP contribution in [0.1, 0.15) is 13.8 Å². The fourth-order valence-electron chi connectivity index (χ4n) is 1.48. The third-order valence-corrected chi connectivity index (χ3v) is 5.23. The second-order valence-electron chi connectivity index (χ2n) is 3.50. The van der Waals surface area contributed by atoms with Gasteiger partial charge in [-0.3, -0.25) is 0 Å². The fourth-order valence-corrected chi connectivity index (χ4v) is 3.94. The molecule has 0 atom stereocenters. The van der Waals surface area contributed by atoms with Crippen LogP contribution in [0.4, 0.5) is 0 Å². The predicted octanol–water partition coefficient (Wildman–Crippen LogP) is 0.625. The molecule has 18 heavy (non-hydrogen) atoms. The zero-order chi connectivity index (χ0) is 13.8. The van der Waals surface area contributed by atoms with Gasteiger partial charge in [0.15, 0.2) is 4.60 Å². The summed E-state index contributed by atoms with van der Waals surface area (Å²) in [5, 5.41) is 7.42. The van der Waals surface area contributed by atoms with Gasteiger partial charge in [0.05, 0.1) is 6.61 Å². The van der Waals surface area contributed by atoms with Gasteiger partial charge in [0.25, 0.3) is 10.0 Å². The Kier molecular flexibility index (Phi) is 5.70. The molecule has 0 saturated carbocycles. The van der Waals surface area contributed by atoms with Crippen LogP contribution in [0.3, 0.4) is 0 Å². The molecule has 104 valence electrons. The molecule has 1 aromatic rings. The number of aromatic nitrogens is 3. The smallest absolute Gasteiger partial charge is 0.263 e. The third kappa shape index (κ3) is 3.28. The summed E-state index contributed by atoms with van der Waals surface area (Å²) in [7, 11) is -2.06. The van der Waals surface area contributed by atoms with Crippen molar-refractivity contribution in [3.05, 3.63) is 4.60 Å². The minimum absolute atomic E-state index is 0.0563. The summed E-state index contributed by atoms with van der Waals surface area (Å²) in [5.74, 6) is 0. The van der Waals surface area contributed by atoms with Crippen molar-refractivity contribution in [1.29, 1.82) is 0 Å². The van der Waals surface area contributed by atoms with Gasteiger partial charge in [0.1, 0.15) is 0 Å². The van der Waals surface area contributed by atoms with Crippen LogP contribution in [0, 0.1) is 0 Å². The van der Waals surface area contributed by atoms with Crippen LogP contribution in [0.25, 0.3) is 0 Å². The first-order chi connectivity index (χ1) is 8.45. The zero-order valence-electron chi connectivity index (χ0n) is 10.6. The number of likely N-dealkylation sites (N-methyl/N-ethyl adjacent to an activating group) is 1. The van der Waals surface area contributed by atoms with Gasteiger partial charge in [0.2, 0.25) is 5.03 Å². The Balaban J connectivity index is 2.97. The van der Waals surface area contributed by atoms with E-state index in [4.69, 9.17) is 4.74 Å². The largest absolute Gasteiger partial charge is 0.380 e. The molecule has 9 heteroatoms. The average Bonchev–Trinajstić information content (AvgIpc) is 2.64. The van der Waals surface area contributed by atoms with Gasteiger partial charge in [-0.2, -0.15) is 4.31 Å². The Hall–Kier alpha value is -0.510. The summed E-state index contributed by atoms with van der Waals surface area (Å²) in [6.45, 7) is 5.26. The van der Waals surface area contributed by atoms with Gasteiger partial charge in [-0.15, -0.1) is 5.10 Å². The van der Waals surface area contributed by atoms with Gasteiger partial charge in [-0.1, -0.05) is 12.1 Å². The number of halogens is 1. The third-order valence-electron chi connectivity index (χ3n) is 2.36. The minimum atomic E-state index is -3.61. The van der Waals surface area contributed by atoms with Crippen molar-refractivity contribution in [2.24, 2.45) is 7.05 Å². The summed E-state index contributed by atoms with van der Waals surface area (Å²) in [4.78, 5) is 0. The maximum absolute atomic E-state index is 12.4. The standard InChI is InChI=1S/C9H17BrN4O3S/c1-4-14(6-7-17-5-2)18(15,16)9-8(10)11-12-13(9)3/h4-7H2,1-3H3. The lowest BCUT2D eigenvalue weighted by molar-refractivity contribution is 0.135. The van der Waals surface area contributed by atoms with E-state index in [0.29, 0.717) is 26.3 Å². The fraction of sp³-hybridized carbons (Fsp3) is 0.778. The van der Waals surface area contributed by atoms with Gasteiger partial charge in [0, 0.05) is 26.7 Å².